The molecule has 1 amide bonds. The maximum Gasteiger partial charge on any atom is 0.254 e. The van der Waals surface area contributed by atoms with Crippen molar-refractivity contribution in [1.82, 2.24) is 4.90 Å². The number of carbonyl (C=O) groups is 1. The number of benzene rings is 2. The molecule has 0 unspecified atom stereocenters. The van der Waals surface area contributed by atoms with E-state index in [-0.39, 0.29) is 12.0 Å². The summed E-state index contributed by atoms with van der Waals surface area (Å²) in [5.74, 6) is 0.615. The molecule has 4 nitrogen and oxygen atoms in total. The largest absolute Gasteiger partial charge is 0.491 e. The molecular weight excluding hydrogens is 312 g/mol. The Kier molecular flexibility index (Phi) is 7.03. The monoisotopic (exact) mass is 336 g/mol. The van der Waals surface area contributed by atoms with Crippen molar-refractivity contribution in [2.75, 3.05) is 13.1 Å². The fourth-order valence-corrected chi connectivity index (χ4v) is 2.57. The quantitative estimate of drug-likeness (QED) is 0.730. The zero-order chi connectivity index (χ0) is 18.1. The molecule has 0 atom stereocenters. The van der Waals surface area contributed by atoms with Gasteiger partial charge in [0.05, 0.1) is 18.6 Å². The van der Waals surface area contributed by atoms with Crippen LogP contribution in [0.5, 0.6) is 5.75 Å². The summed E-state index contributed by atoms with van der Waals surface area (Å²) >= 11 is 0. The van der Waals surface area contributed by atoms with E-state index in [0.29, 0.717) is 30.8 Å². The zero-order valence-corrected chi connectivity index (χ0v) is 14.8. The lowest BCUT2D eigenvalue weighted by Gasteiger charge is -2.22. The first-order valence-electron chi connectivity index (χ1n) is 8.57. The predicted octanol–water partition coefficient (Wildman–Crippen LogP) is 4.07. The van der Waals surface area contributed by atoms with Gasteiger partial charge >= 0.3 is 0 Å². The number of nitrogens with zero attached hydrogens (tertiary/aromatic N) is 2. The summed E-state index contributed by atoms with van der Waals surface area (Å²) in [7, 11) is 0. The second-order valence-corrected chi connectivity index (χ2v) is 6.13. The smallest absolute Gasteiger partial charge is 0.254 e. The summed E-state index contributed by atoms with van der Waals surface area (Å²) in [5, 5.41) is 8.89. The molecule has 25 heavy (non-hydrogen) atoms. The Balaban J connectivity index is 2.10. The van der Waals surface area contributed by atoms with Crippen LogP contribution in [-0.2, 0) is 6.42 Å². The van der Waals surface area contributed by atoms with E-state index in [9.17, 15) is 4.79 Å². The Morgan fingerprint density at radius 1 is 1.12 bits per heavy atom. The molecule has 4 heteroatoms. The van der Waals surface area contributed by atoms with Crippen LogP contribution in [0.25, 0.3) is 0 Å². The molecule has 0 bridgehead atoms. The van der Waals surface area contributed by atoms with Gasteiger partial charge in [-0.3, -0.25) is 4.79 Å². The Morgan fingerprint density at radius 3 is 2.56 bits per heavy atom. The average molecular weight is 336 g/mol. The third-order valence-corrected chi connectivity index (χ3v) is 3.75. The van der Waals surface area contributed by atoms with E-state index in [1.165, 1.54) is 5.56 Å². The first-order chi connectivity index (χ1) is 12.1. The molecule has 0 aliphatic rings. The molecule has 2 aromatic carbocycles. The normalized spacial score (nSPS) is 10.3. The van der Waals surface area contributed by atoms with Crippen molar-refractivity contribution in [1.29, 1.82) is 5.26 Å². The number of amides is 1. The van der Waals surface area contributed by atoms with Gasteiger partial charge in [0, 0.05) is 18.7 Å². The number of hydrogen-bond acceptors (Lipinski definition) is 3. The van der Waals surface area contributed by atoms with Crippen LogP contribution in [0, 0.1) is 11.3 Å². The van der Waals surface area contributed by atoms with Gasteiger partial charge in [-0.25, -0.2) is 0 Å². The van der Waals surface area contributed by atoms with Crippen molar-refractivity contribution in [2.45, 2.75) is 32.8 Å². The summed E-state index contributed by atoms with van der Waals surface area (Å²) in [6.45, 7) is 4.92. The summed E-state index contributed by atoms with van der Waals surface area (Å²) in [5.41, 5.74) is 1.76. The van der Waals surface area contributed by atoms with Crippen LogP contribution in [0.3, 0.4) is 0 Å². The van der Waals surface area contributed by atoms with Crippen molar-refractivity contribution in [3.05, 3.63) is 65.7 Å². The highest BCUT2D eigenvalue weighted by atomic mass is 16.5. The maximum atomic E-state index is 12.9. The van der Waals surface area contributed by atoms with Crippen molar-refractivity contribution < 1.29 is 9.53 Å². The highest BCUT2D eigenvalue weighted by Gasteiger charge is 2.16. The topological polar surface area (TPSA) is 53.3 Å². The lowest BCUT2D eigenvalue weighted by molar-refractivity contribution is 0.0760. The van der Waals surface area contributed by atoms with Crippen molar-refractivity contribution in [2.24, 2.45) is 0 Å². The average Bonchev–Trinajstić information content (AvgIpc) is 2.62. The standard InChI is InChI=1S/C21H24N2O2/c1-17(2)25-20-11-6-10-19(16-20)21(24)23(14-7-13-22)15-12-18-8-4-3-5-9-18/h3-6,8-11,16-17H,7,12,14-15H2,1-2H3. The SMILES string of the molecule is CC(C)Oc1cccc(C(=O)N(CCC#N)CCc2ccccc2)c1. The van der Waals surface area contributed by atoms with Crippen molar-refractivity contribution in [3.63, 3.8) is 0 Å². The Labute approximate surface area is 149 Å². The Hall–Kier alpha value is -2.80. The molecule has 2 aromatic rings. The van der Waals surface area contributed by atoms with Crippen LogP contribution in [0.15, 0.2) is 54.6 Å². The lowest BCUT2D eigenvalue weighted by atomic mass is 10.1. The van der Waals surface area contributed by atoms with Crippen LogP contribution >= 0.6 is 0 Å². The number of ether oxygens (including phenoxy) is 1. The highest BCUT2D eigenvalue weighted by Crippen LogP contribution is 2.17. The summed E-state index contributed by atoms with van der Waals surface area (Å²) < 4.78 is 5.67. The predicted molar refractivity (Wildman–Crippen MR) is 98.5 cm³/mol. The number of nitriles is 1. The van der Waals surface area contributed by atoms with E-state index < -0.39 is 0 Å². The maximum absolute atomic E-state index is 12.9. The summed E-state index contributed by atoms with van der Waals surface area (Å²) in [4.78, 5) is 14.6. The van der Waals surface area contributed by atoms with Crippen LogP contribution in [0.2, 0.25) is 0 Å². The van der Waals surface area contributed by atoms with E-state index in [4.69, 9.17) is 10.00 Å². The molecule has 0 heterocycles. The molecule has 130 valence electrons. The Bertz CT molecular complexity index is 720. The molecule has 0 aliphatic carbocycles. The van der Waals surface area contributed by atoms with Gasteiger partial charge in [0.25, 0.3) is 5.91 Å². The van der Waals surface area contributed by atoms with Gasteiger partial charge in [-0.1, -0.05) is 36.4 Å². The second-order valence-electron chi connectivity index (χ2n) is 6.13. The van der Waals surface area contributed by atoms with Gasteiger partial charge in [-0.2, -0.15) is 5.26 Å². The minimum atomic E-state index is -0.0691. The molecule has 0 saturated carbocycles. The van der Waals surface area contributed by atoms with Crippen LogP contribution < -0.4 is 4.74 Å². The molecular formula is C21H24N2O2. The third-order valence-electron chi connectivity index (χ3n) is 3.75. The van der Waals surface area contributed by atoms with Gasteiger partial charge in [-0.15, -0.1) is 0 Å². The number of carbonyl (C=O) groups excluding carboxylic acids is 1. The third kappa shape index (κ3) is 5.96. The van der Waals surface area contributed by atoms with Crippen LogP contribution in [-0.4, -0.2) is 30.0 Å². The molecule has 0 saturated heterocycles. The fourth-order valence-electron chi connectivity index (χ4n) is 2.57. The first-order valence-corrected chi connectivity index (χ1v) is 8.57. The zero-order valence-electron chi connectivity index (χ0n) is 14.8. The minimum Gasteiger partial charge on any atom is -0.491 e. The van der Waals surface area contributed by atoms with Crippen LogP contribution in [0.1, 0.15) is 36.2 Å². The highest BCUT2D eigenvalue weighted by molar-refractivity contribution is 5.94. The van der Waals surface area contributed by atoms with Crippen LogP contribution in [0.4, 0.5) is 0 Å². The van der Waals surface area contributed by atoms with Crippen molar-refractivity contribution in [3.8, 4) is 11.8 Å². The molecule has 0 N–H and O–H groups in total. The van der Waals surface area contributed by atoms with Crippen molar-refractivity contribution >= 4 is 5.91 Å². The van der Waals surface area contributed by atoms with E-state index in [0.717, 1.165) is 6.42 Å². The van der Waals surface area contributed by atoms with E-state index >= 15 is 0 Å². The summed E-state index contributed by atoms with van der Waals surface area (Å²) in [6, 6.07) is 19.4. The first kappa shape index (κ1) is 18.5. The number of rotatable bonds is 8. The van der Waals surface area contributed by atoms with Gasteiger partial charge < -0.3 is 9.64 Å². The molecule has 2 rings (SSSR count). The molecule has 0 spiro atoms. The molecule has 0 aromatic heterocycles. The fraction of sp³-hybridized carbons (Fsp3) is 0.333. The molecule has 0 aliphatic heterocycles. The van der Waals surface area contributed by atoms with E-state index in [1.54, 1.807) is 17.0 Å². The number of hydrogen-bond donors (Lipinski definition) is 0. The van der Waals surface area contributed by atoms with E-state index in [2.05, 4.69) is 6.07 Å². The van der Waals surface area contributed by atoms with Gasteiger partial charge in [0.2, 0.25) is 0 Å². The van der Waals surface area contributed by atoms with Gasteiger partial charge in [-0.05, 0) is 44.0 Å². The Morgan fingerprint density at radius 2 is 1.88 bits per heavy atom. The summed E-state index contributed by atoms with van der Waals surface area (Å²) in [6.07, 6.45) is 1.14. The minimum absolute atomic E-state index is 0.0538. The molecule has 0 fully saturated rings. The molecule has 0 radical (unpaired) electrons. The second kappa shape index (κ2) is 9.48. The lowest BCUT2D eigenvalue weighted by Crippen LogP contribution is -2.33. The van der Waals surface area contributed by atoms with E-state index in [1.807, 2.05) is 56.3 Å². The van der Waals surface area contributed by atoms with Gasteiger partial charge in [0.1, 0.15) is 5.75 Å². The van der Waals surface area contributed by atoms with Gasteiger partial charge in [0.15, 0.2) is 0 Å².